The number of anilines is 1. The van der Waals surface area contributed by atoms with Crippen molar-refractivity contribution < 1.29 is 35.5 Å². The van der Waals surface area contributed by atoms with Gasteiger partial charge in [-0.2, -0.15) is 30.7 Å². The van der Waals surface area contributed by atoms with Crippen molar-refractivity contribution in [1.82, 2.24) is 0 Å². The molecule has 0 aliphatic rings. The molecule has 1 aromatic rings. The van der Waals surface area contributed by atoms with Gasteiger partial charge in [0.15, 0.2) is 0 Å². The highest BCUT2D eigenvalue weighted by molar-refractivity contribution is 5.97. The number of benzene rings is 1. The average Bonchev–Trinajstić information content (AvgIpc) is 2.30. The van der Waals surface area contributed by atoms with Crippen LogP contribution < -0.4 is 5.32 Å². The van der Waals surface area contributed by atoms with Gasteiger partial charge in [0, 0.05) is 5.69 Å². The molecule has 0 aromatic heterocycles. The highest BCUT2D eigenvalue weighted by atomic mass is 19.4. The van der Waals surface area contributed by atoms with Crippen LogP contribution in [0.2, 0.25) is 0 Å². The summed E-state index contributed by atoms with van der Waals surface area (Å²) >= 11 is 0. The Morgan fingerprint density at radius 3 is 1.95 bits per heavy atom. The normalized spacial score (nSPS) is 13.2. The number of carbonyl (C=O) groups is 1. The smallest absolute Gasteiger partial charge is 0.320 e. The summed E-state index contributed by atoms with van der Waals surface area (Å²) in [7, 11) is 0. The molecule has 0 heterocycles. The first-order valence-electron chi connectivity index (χ1n) is 5.52. The first kappa shape index (κ1) is 17.3. The predicted molar refractivity (Wildman–Crippen MR) is 60.5 cm³/mol. The summed E-state index contributed by atoms with van der Waals surface area (Å²) in [5.41, 5.74) is 0.663. The lowest BCUT2D eigenvalue weighted by atomic mass is 10.1. The summed E-state index contributed by atoms with van der Waals surface area (Å²) in [5, 5.41) is 1.39. The Bertz CT molecular complexity index is 551. The molecular weight excluding hydrogens is 307 g/mol. The van der Waals surface area contributed by atoms with E-state index in [2.05, 4.69) is 0 Å². The third-order valence-electron chi connectivity index (χ3n) is 2.67. The van der Waals surface area contributed by atoms with E-state index in [0.29, 0.717) is 5.56 Å². The van der Waals surface area contributed by atoms with Gasteiger partial charge in [-0.1, -0.05) is 17.7 Å². The molecule has 0 bridgehead atoms. The fourth-order valence-electron chi connectivity index (χ4n) is 1.48. The largest absolute Gasteiger partial charge is 0.460 e. The van der Waals surface area contributed by atoms with E-state index in [-0.39, 0.29) is 11.3 Å². The molecule has 21 heavy (non-hydrogen) atoms. The van der Waals surface area contributed by atoms with Crippen LogP contribution in [0.1, 0.15) is 11.1 Å². The summed E-state index contributed by atoms with van der Waals surface area (Å²) in [5.74, 6) is -15.1. The maximum atomic E-state index is 13.1. The van der Waals surface area contributed by atoms with Crippen LogP contribution in [-0.2, 0) is 4.79 Å². The Morgan fingerprint density at radius 2 is 1.52 bits per heavy atom. The van der Waals surface area contributed by atoms with Crippen molar-refractivity contribution in [2.45, 2.75) is 31.9 Å². The number of hydrogen-bond donors (Lipinski definition) is 1. The molecule has 0 aliphatic heterocycles. The van der Waals surface area contributed by atoms with Crippen molar-refractivity contribution in [3.63, 3.8) is 0 Å². The monoisotopic (exact) mass is 317 g/mol. The molecule has 0 radical (unpaired) electrons. The standard InChI is InChI=1S/C12H10F7NO/c1-6-3-4-8(7(2)5-6)20-9(21)10(13,14)11(15,16)12(17,18)19/h3-5H,1-2H3,(H,20,21). The van der Waals surface area contributed by atoms with Crippen LogP contribution >= 0.6 is 0 Å². The highest BCUT2D eigenvalue weighted by Gasteiger charge is 2.76. The maximum Gasteiger partial charge on any atom is 0.460 e. The molecule has 1 aromatic carbocycles. The van der Waals surface area contributed by atoms with E-state index in [1.807, 2.05) is 0 Å². The summed E-state index contributed by atoms with van der Waals surface area (Å²) in [6.45, 7) is 3.02. The second-order valence-electron chi connectivity index (χ2n) is 4.42. The molecule has 118 valence electrons. The van der Waals surface area contributed by atoms with E-state index in [1.54, 1.807) is 6.92 Å². The number of nitrogens with one attached hydrogen (secondary N) is 1. The van der Waals surface area contributed by atoms with Gasteiger partial charge in [-0.05, 0) is 25.5 Å². The van der Waals surface area contributed by atoms with E-state index in [4.69, 9.17) is 0 Å². The molecule has 0 saturated heterocycles. The second kappa shape index (κ2) is 5.19. The zero-order valence-corrected chi connectivity index (χ0v) is 10.8. The maximum absolute atomic E-state index is 13.1. The Labute approximate surface area is 114 Å². The van der Waals surface area contributed by atoms with Crippen molar-refractivity contribution in [2.75, 3.05) is 5.32 Å². The number of aryl methyl sites for hydroxylation is 2. The molecule has 1 amide bonds. The summed E-state index contributed by atoms with van der Waals surface area (Å²) in [6.07, 6.45) is -6.55. The third-order valence-corrected chi connectivity index (χ3v) is 2.67. The van der Waals surface area contributed by atoms with Crippen LogP contribution in [0.5, 0.6) is 0 Å². The average molecular weight is 317 g/mol. The van der Waals surface area contributed by atoms with E-state index < -0.39 is 23.9 Å². The van der Waals surface area contributed by atoms with Gasteiger partial charge in [0.1, 0.15) is 0 Å². The summed E-state index contributed by atoms with van der Waals surface area (Å²) in [6, 6.07) is 3.95. The molecule has 0 fully saturated rings. The number of carbonyl (C=O) groups excluding carboxylic acids is 1. The minimum Gasteiger partial charge on any atom is -0.320 e. The van der Waals surface area contributed by atoms with E-state index in [0.717, 1.165) is 6.07 Å². The molecule has 0 atom stereocenters. The summed E-state index contributed by atoms with van der Waals surface area (Å²) < 4.78 is 87.4. The molecule has 0 saturated carbocycles. The van der Waals surface area contributed by atoms with Gasteiger partial charge >= 0.3 is 23.9 Å². The van der Waals surface area contributed by atoms with Gasteiger partial charge in [0.25, 0.3) is 0 Å². The Kier molecular flexibility index (Phi) is 4.27. The second-order valence-corrected chi connectivity index (χ2v) is 4.42. The third kappa shape index (κ3) is 3.11. The minimum atomic E-state index is -6.55. The molecule has 0 unspecified atom stereocenters. The van der Waals surface area contributed by atoms with Crippen molar-refractivity contribution in [3.8, 4) is 0 Å². The highest BCUT2D eigenvalue weighted by Crippen LogP contribution is 2.46. The lowest BCUT2D eigenvalue weighted by Crippen LogP contribution is -2.57. The SMILES string of the molecule is Cc1ccc(NC(=O)C(F)(F)C(F)(F)C(F)(F)F)c(C)c1. The summed E-state index contributed by atoms with van der Waals surface area (Å²) in [4.78, 5) is 11.1. The lowest BCUT2D eigenvalue weighted by Gasteiger charge is -2.27. The van der Waals surface area contributed by atoms with Gasteiger partial charge in [0.2, 0.25) is 0 Å². The van der Waals surface area contributed by atoms with Gasteiger partial charge in [0.05, 0.1) is 0 Å². The predicted octanol–water partition coefficient (Wildman–Crippen LogP) is 4.07. The number of rotatable bonds is 3. The Hall–Kier alpha value is -1.80. The zero-order valence-electron chi connectivity index (χ0n) is 10.8. The molecule has 0 aliphatic carbocycles. The molecule has 1 rings (SSSR count). The number of halogens is 7. The first-order valence-corrected chi connectivity index (χ1v) is 5.52. The van der Waals surface area contributed by atoms with Crippen LogP contribution in [-0.4, -0.2) is 23.9 Å². The van der Waals surface area contributed by atoms with Crippen molar-refractivity contribution >= 4 is 11.6 Å². The zero-order chi connectivity index (χ0) is 16.6. The number of alkyl halides is 7. The molecule has 1 N–H and O–H groups in total. The van der Waals surface area contributed by atoms with E-state index >= 15 is 0 Å². The fraction of sp³-hybridized carbons (Fsp3) is 0.417. The van der Waals surface area contributed by atoms with Crippen molar-refractivity contribution in [2.24, 2.45) is 0 Å². The van der Waals surface area contributed by atoms with Gasteiger partial charge < -0.3 is 5.32 Å². The Morgan fingerprint density at radius 1 is 1.00 bits per heavy atom. The van der Waals surface area contributed by atoms with Gasteiger partial charge in [-0.15, -0.1) is 0 Å². The van der Waals surface area contributed by atoms with Gasteiger partial charge in [-0.3, -0.25) is 4.79 Å². The minimum absolute atomic E-state index is 0.245. The number of amides is 1. The molecule has 2 nitrogen and oxygen atoms in total. The molecule has 9 heteroatoms. The van der Waals surface area contributed by atoms with Crippen molar-refractivity contribution in [3.05, 3.63) is 29.3 Å². The van der Waals surface area contributed by atoms with E-state index in [1.165, 1.54) is 24.4 Å². The molecule has 0 spiro atoms. The van der Waals surface area contributed by atoms with Crippen LogP contribution in [0.3, 0.4) is 0 Å². The van der Waals surface area contributed by atoms with Crippen molar-refractivity contribution in [1.29, 1.82) is 0 Å². The topological polar surface area (TPSA) is 29.1 Å². The van der Waals surface area contributed by atoms with Crippen LogP contribution in [0.15, 0.2) is 18.2 Å². The van der Waals surface area contributed by atoms with Crippen LogP contribution in [0.4, 0.5) is 36.4 Å². The molecular formula is C12H10F7NO. The van der Waals surface area contributed by atoms with E-state index in [9.17, 15) is 35.5 Å². The van der Waals surface area contributed by atoms with Gasteiger partial charge in [-0.25, -0.2) is 0 Å². The van der Waals surface area contributed by atoms with Crippen LogP contribution in [0.25, 0.3) is 0 Å². The lowest BCUT2D eigenvalue weighted by molar-refractivity contribution is -0.343. The fourth-order valence-corrected chi connectivity index (χ4v) is 1.48. The Balaban J connectivity index is 3.07. The quantitative estimate of drug-likeness (QED) is 0.837. The van der Waals surface area contributed by atoms with Crippen LogP contribution in [0, 0.1) is 13.8 Å². The first-order chi connectivity index (χ1) is 9.30. The number of hydrogen-bond acceptors (Lipinski definition) is 1.